The summed E-state index contributed by atoms with van der Waals surface area (Å²) in [6, 6.07) is 9.29. The number of amides is 2. The lowest BCUT2D eigenvalue weighted by atomic mass is 10.1. The van der Waals surface area contributed by atoms with E-state index >= 15 is 0 Å². The van der Waals surface area contributed by atoms with Crippen LogP contribution >= 0.6 is 15.9 Å². The van der Waals surface area contributed by atoms with E-state index < -0.39 is 17.6 Å². The van der Waals surface area contributed by atoms with Crippen molar-refractivity contribution < 1.29 is 14.0 Å². The second-order valence-electron chi connectivity index (χ2n) is 4.49. The molecule has 0 bridgehead atoms. The molecule has 0 N–H and O–H groups in total. The first kappa shape index (κ1) is 13.0. The largest absolute Gasteiger partial charge is 0.269 e. The molecule has 5 heteroatoms. The fourth-order valence-corrected chi connectivity index (χ4v) is 2.66. The molecule has 1 aliphatic heterocycles. The van der Waals surface area contributed by atoms with Crippen molar-refractivity contribution in [3.63, 3.8) is 0 Å². The summed E-state index contributed by atoms with van der Waals surface area (Å²) in [5.41, 5.74) is 1.17. The molecule has 0 saturated heterocycles. The normalized spacial score (nSPS) is 13.8. The molecule has 0 unspecified atom stereocenters. The van der Waals surface area contributed by atoms with Crippen LogP contribution in [0.25, 0.3) is 0 Å². The van der Waals surface area contributed by atoms with Crippen molar-refractivity contribution in [3.05, 3.63) is 63.4 Å². The zero-order valence-electron chi connectivity index (χ0n) is 10.5. The molecular formula is C15H9BrFNO2. The number of imide groups is 1. The van der Waals surface area contributed by atoms with Gasteiger partial charge in [0.1, 0.15) is 5.82 Å². The topological polar surface area (TPSA) is 37.4 Å². The van der Waals surface area contributed by atoms with E-state index in [9.17, 15) is 14.0 Å². The molecule has 1 heterocycles. The van der Waals surface area contributed by atoms with Gasteiger partial charge in [-0.25, -0.2) is 9.29 Å². The number of benzene rings is 2. The second kappa shape index (κ2) is 4.52. The van der Waals surface area contributed by atoms with Crippen LogP contribution in [-0.4, -0.2) is 11.8 Å². The van der Waals surface area contributed by atoms with Gasteiger partial charge >= 0.3 is 0 Å². The molecule has 2 amide bonds. The average Bonchev–Trinajstić information content (AvgIpc) is 2.67. The Labute approximate surface area is 123 Å². The fraction of sp³-hybridized carbons (Fsp3) is 0.0667. The van der Waals surface area contributed by atoms with Gasteiger partial charge in [0, 0.05) is 4.47 Å². The van der Waals surface area contributed by atoms with Crippen molar-refractivity contribution in [2.75, 3.05) is 4.90 Å². The molecule has 3 nitrogen and oxygen atoms in total. The molecule has 0 aromatic heterocycles. The molecule has 0 spiro atoms. The molecule has 0 radical (unpaired) electrons. The van der Waals surface area contributed by atoms with E-state index in [1.165, 1.54) is 18.2 Å². The van der Waals surface area contributed by atoms with Crippen LogP contribution in [0.5, 0.6) is 0 Å². The number of hydrogen-bond donors (Lipinski definition) is 0. The third-order valence-electron chi connectivity index (χ3n) is 3.34. The van der Waals surface area contributed by atoms with Crippen LogP contribution in [0.4, 0.5) is 10.1 Å². The highest BCUT2D eigenvalue weighted by Crippen LogP contribution is 2.34. The first-order valence-electron chi connectivity index (χ1n) is 5.95. The smallest absolute Gasteiger partial charge is 0.268 e. The van der Waals surface area contributed by atoms with E-state index in [2.05, 4.69) is 15.9 Å². The number of carbonyl (C=O) groups excluding carboxylic acids is 2. The van der Waals surface area contributed by atoms with E-state index in [0.717, 1.165) is 14.9 Å². The average molecular weight is 334 g/mol. The molecule has 2 aromatic rings. The van der Waals surface area contributed by atoms with Crippen molar-refractivity contribution in [1.82, 2.24) is 0 Å². The SMILES string of the molecule is Cc1c(Br)cccc1N1C(=O)c2cccc(F)c2C1=O. The number of fused-ring (bicyclic) bond motifs is 1. The minimum atomic E-state index is -0.670. The molecule has 2 aromatic carbocycles. The van der Waals surface area contributed by atoms with Crippen LogP contribution in [0.15, 0.2) is 40.9 Å². The molecule has 3 rings (SSSR count). The van der Waals surface area contributed by atoms with E-state index in [1.54, 1.807) is 19.1 Å². The van der Waals surface area contributed by atoms with Gasteiger partial charge in [-0.2, -0.15) is 0 Å². The maximum Gasteiger partial charge on any atom is 0.269 e. The number of nitrogens with zero attached hydrogens (tertiary/aromatic N) is 1. The van der Waals surface area contributed by atoms with E-state index in [-0.39, 0.29) is 11.1 Å². The van der Waals surface area contributed by atoms with Crippen LogP contribution in [0.3, 0.4) is 0 Å². The Hall–Kier alpha value is -2.01. The van der Waals surface area contributed by atoms with Crippen LogP contribution in [0, 0.1) is 12.7 Å². The van der Waals surface area contributed by atoms with Gasteiger partial charge in [-0.05, 0) is 36.8 Å². The van der Waals surface area contributed by atoms with Gasteiger partial charge in [0.05, 0.1) is 16.8 Å². The Bertz CT molecular complexity index is 758. The summed E-state index contributed by atoms with van der Waals surface area (Å²) in [5.74, 6) is -1.79. The predicted octanol–water partition coefficient (Wildman–Crippen LogP) is 3.70. The predicted molar refractivity (Wildman–Crippen MR) is 76.4 cm³/mol. The van der Waals surface area contributed by atoms with Crippen LogP contribution in [0.2, 0.25) is 0 Å². The Morgan fingerprint density at radius 1 is 1.05 bits per heavy atom. The summed E-state index contributed by atoms with van der Waals surface area (Å²) >= 11 is 3.36. The molecule has 20 heavy (non-hydrogen) atoms. The van der Waals surface area contributed by atoms with Gasteiger partial charge in [-0.3, -0.25) is 9.59 Å². The van der Waals surface area contributed by atoms with Crippen molar-refractivity contribution >= 4 is 33.4 Å². The molecule has 0 atom stereocenters. The first-order chi connectivity index (χ1) is 9.52. The zero-order valence-corrected chi connectivity index (χ0v) is 12.1. The maximum atomic E-state index is 13.8. The molecule has 0 saturated carbocycles. The van der Waals surface area contributed by atoms with E-state index in [0.29, 0.717) is 5.69 Å². The summed E-state index contributed by atoms with van der Waals surface area (Å²) in [5, 5.41) is 0. The third-order valence-corrected chi connectivity index (χ3v) is 4.20. The van der Waals surface area contributed by atoms with Gasteiger partial charge in [-0.1, -0.05) is 28.1 Å². The Balaban J connectivity index is 2.20. The zero-order chi connectivity index (χ0) is 14.4. The molecule has 1 aliphatic rings. The minimum Gasteiger partial charge on any atom is -0.268 e. The highest BCUT2D eigenvalue weighted by Gasteiger charge is 2.39. The van der Waals surface area contributed by atoms with Gasteiger partial charge in [0.25, 0.3) is 11.8 Å². The second-order valence-corrected chi connectivity index (χ2v) is 5.35. The monoisotopic (exact) mass is 333 g/mol. The Morgan fingerprint density at radius 3 is 2.45 bits per heavy atom. The van der Waals surface area contributed by atoms with Crippen molar-refractivity contribution in [1.29, 1.82) is 0 Å². The quantitative estimate of drug-likeness (QED) is 0.746. The van der Waals surface area contributed by atoms with Crippen LogP contribution < -0.4 is 4.90 Å². The summed E-state index contributed by atoms with van der Waals surface area (Å²) in [6.45, 7) is 1.79. The van der Waals surface area contributed by atoms with Crippen molar-refractivity contribution in [3.8, 4) is 0 Å². The lowest BCUT2D eigenvalue weighted by Gasteiger charge is -2.17. The van der Waals surface area contributed by atoms with Gasteiger partial charge < -0.3 is 0 Å². The standard InChI is InChI=1S/C15H9BrFNO2/c1-8-10(16)5-3-7-12(8)18-14(19)9-4-2-6-11(17)13(9)15(18)20/h2-7H,1H3. The summed E-state index contributed by atoms with van der Waals surface area (Å²) in [4.78, 5) is 25.7. The third kappa shape index (κ3) is 1.70. The number of hydrogen-bond acceptors (Lipinski definition) is 2. The van der Waals surface area contributed by atoms with E-state index in [4.69, 9.17) is 0 Å². The highest BCUT2D eigenvalue weighted by molar-refractivity contribution is 9.10. The van der Waals surface area contributed by atoms with Crippen LogP contribution in [-0.2, 0) is 0 Å². The van der Waals surface area contributed by atoms with Gasteiger partial charge in [-0.15, -0.1) is 0 Å². The summed E-state index contributed by atoms with van der Waals surface area (Å²) in [7, 11) is 0. The lowest BCUT2D eigenvalue weighted by Crippen LogP contribution is -2.30. The molecule has 0 aliphatic carbocycles. The highest BCUT2D eigenvalue weighted by atomic mass is 79.9. The van der Waals surface area contributed by atoms with Crippen LogP contribution in [0.1, 0.15) is 26.3 Å². The molecular weight excluding hydrogens is 325 g/mol. The van der Waals surface area contributed by atoms with Gasteiger partial charge in [0.15, 0.2) is 0 Å². The number of rotatable bonds is 1. The Morgan fingerprint density at radius 2 is 1.75 bits per heavy atom. The number of carbonyl (C=O) groups is 2. The first-order valence-corrected chi connectivity index (χ1v) is 6.74. The minimum absolute atomic E-state index is 0.106. The number of halogens is 2. The lowest BCUT2D eigenvalue weighted by molar-refractivity contribution is 0.0925. The summed E-state index contributed by atoms with van der Waals surface area (Å²) < 4.78 is 14.6. The Kier molecular flexibility index (Phi) is 2.94. The van der Waals surface area contributed by atoms with Crippen molar-refractivity contribution in [2.24, 2.45) is 0 Å². The van der Waals surface area contributed by atoms with E-state index in [1.807, 2.05) is 6.07 Å². The molecule has 100 valence electrons. The number of anilines is 1. The van der Waals surface area contributed by atoms with Crippen molar-refractivity contribution in [2.45, 2.75) is 6.92 Å². The van der Waals surface area contributed by atoms with Gasteiger partial charge in [0.2, 0.25) is 0 Å². The maximum absolute atomic E-state index is 13.8. The molecule has 0 fully saturated rings. The fourth-order valence-electron chi connectivity index (χ4n) is 2.30. The summed E-state index contributed by atoms with van der Waals surface area (Å²) in [6.07, 6.45) is 0.